The van der Waals surface area contributed by atoms with Crippen LogP contribution in [0.2, 0.25) is 0 Å². The van der Waals surface area contributed by atoms with Crippen LogP contribution in [0.4, 0.5) is 4.79 Å². The van der Waals surface area contributed by atoms with E-state index >= 15 is 0 Å². The Labute approximate surface area is 76.6 Å². The molecule has 13 heavy (non-hydrogen) atoms. The average Bonchev–Trinajstić information content (AvgIpc) is 2.15. The fourth-order valence-corrected chi connectivity index (χ4v) is 1.09. The number of amides is 1. The third kappa shape index (κ3) is 2.76. The van der Waals surface area contributed by atoms with Gasteiger partial charge in [-0.3, -0.25) is 5.32 Å². The lowest BCUT2D eigenvalue weighted by molar-refractivity contribution is 0.188. The summed E-state index contributed by atoms with van der Waals surface area (Å²) in [6.07, 6.45) is -1.39. The molecule has 4 nitrogen and oxygen atoms in total. The lowest BCUT2D eigenvalue weighted by Gasteiger charge is -2.15. The SMILES string of the molecule is CNC(NC(=O)O)c1ccccc1. The van der Waals surface area contributed by atoms with Crippen LogP contribution in [-0.4, -0.2) is 18.2 Å². The van der Waals surface area contributed by atoms with Crippen molar-refractivity contribution < 1.29 is 9.90 Å². The number of hydrogen-bond donors (Lipinski definition) is 3. The summed E-state index contributed by atoms with van der Waals surface area (Å²) < 4.78 is 0. The first-order valence-corrected chi connectivity index (χ1v) is 3.95. The van der Waals surface area contributed by atoms with Crippen LogP contribution in [0.25, 0.3) is 0 Å². The number of carbonyl (C=O) groups is 1. The van der Waals surface area contributed by atoms with Gasteiger partial charge in [-0.05, 0) is 12.6 Å². The van der Waals surface area contributed by atoms with Gasteiger partial charge in [0.1, 0.15) is 6.17 Å². The highest BCUT2D eigenvalue weighted by atomic mass is 16.4. The summed E-state index contributed by atoms with van der Waals surface area (Å²) >= 11 is 0. The van der Waals surface area contributed by atoms with Crippen LogP contribution in [0.5, 0.6) is 0 Å². The summed E-state index contributed by atoms with van der Waals surface area (Å²) in [6.45, 7) is 0. The molecule has 1 atom stereocenters. The Kier molecular flexibility index (Phi) is 3.28. The van der Waals surface area contributed by atoms with E-state index in [9.17, 15) is 4.79 Å². The minimum Gasteiger partial charge on any atom is -0.465 e. The van der Waals surface area contributed by atoms with Crippen LogP contribution in [0.3, 0.4) is 0 Å². The summed E-state index contributed by atoms with van der Waals surface area (Å²) in [5.41, 5.74) is 0.896. The van der Waals surface area contributed by atoms with Gasteiger partial charge in [0.15, 0.2) is 0 Å². The molecular formula is C9H12N2O2. The van der Waals surface area contributed by atoms with Gasteiger partial charge in [0.05, 0.1) is 0 Å². The van der Waals surface area contributed by atoms with Crippen LogP contribution in [0, 0.1) is 0 Å². The molecule has 0 saturated carbocycles. The van der Waals surface area contributed by atoms with E-state index in [1.165, 1.54) is 0 Å². The molecule has 0 aliphatic heterocycles. The molecule has 1 aromatic carbocycles. The van der Waals surface area contributed by atoms with Crippen LogP contribution >= 0.6 is 0 Å². The molecule has 0 aliphatic rings. The molecule has 3 N–H and O–H groups in total. The van der Waals surface area contributed by atoms with Crippen LogP contribution < -0.4 is 10.6 Å². The van der Waals surface area contributed by atoms with Crippen molar-refractivity contribution in [2.45, 2.75) is 6.17 Å². The maximum absolute atomic E-state index is 10.4. The maximum atomic E-state index is 10.4. The molecule has 1 rings (SSSR count). The molecule has 70 valence electrons. The molecule has 0 aromatic heterocycles. The minimum absolute atomic E-state index is 0.348. The van der Waals surface area contributed by atoms with Crippen molar-refractivity contribution in [3.05, 3.63) is 35.9 Å². The van der Waals surface area contributed by atoms with Crippen molar-refractivity contribution in [2.24, 2.45) is 0 Å². The molecule has 0 fully saturated rings. The topological polar surface area (TPSA) is 61.4 Å². The second-order valence-electron chi connectivity index (χ2n) is 2.58. The predicted octanol–water partition coefficient (Wildman–Crippen LogP) is 1.17. The van der Waals surface area contributed by atoms with Gasteiger partial charge < -0.3 is 10.4 Å². The summed E-state index contributed by atoms with van der Waals surface area (Å²) in [5.74, 6) is 0. The van der Waals surface area contributed by atoms with Crippen molar-refractivity contribution in [1.82, 2.24) is 10.6 Å². The first-order chi connectivity index (χ1) is 6.24. The summed E-state index contributed by atoms with van der Waals surface area (Å²) in [5, 5.41) is 13.7. The average molecular weight is 180 g/mol. The van der Waals surface area contributed by atoms with E-state index in [1.807, 2.05) is 30.3 Å². The van der Waals surface area contributed by atoms with Crippen molar-refractivity contribution >= 4 is 6.09 Å². The molecule has 1 aromatic rings. The van der Waals surface area contributed by atoms with E-state index in [4.69, 9.17) is 5.11 Å². The number of nitrogens with one attached hydrogen (secondary N) is 2. The van der Waals surface area contributed by atoms with Gasteiger partial charge in [0, 0.05) is 0 Å². The van der Waals surface area contributed by atoms with Gasteiger partial charge in [0.25, 0.3) is 0 Å². The molecule has 0 heterocycles. The van der Waals surface area contributed by atoms with Crippen molar-refractivity contribution in [2.75, 3.05) is 7.05 Å². The maximum Gasteiger partial charge on any atom is 0.406 e. The number of benzene rings is 1. The fraction of sp³-hybridized carbons (Fsp3) is 0.222. The monoisotopic (exact) mass is 180 g/mol. The largest absolute Gasteiger partial charge is 0.465 e. The Balaban J connectivity index is 2.73. The van der Waals surface area contributed by atoms with E-state index in [2.05, 4.69) is 10.6 Å². The second kappa shape index (κ2) is 4.47. The highest BCUT2D eigenvalue weighted by Crippen LogP contribution is 2.07. The van der Waals surface area contributed by atoms with E-state index in [1.54, 1.807) is 7.05 Å². The molecular weight excluding hydrogens is 168 g/mol. The molecule has 0 aliphatic carbocycles. The molecule has 0 bridgehead atoms. The Morgan fingerprint density at radius 3 is 2.46 bits per heavy atom. The van der Waals surface area contributed by atoms with Gasteiger partial charge in [-0.1, -0.05) is 30.3 Å². The number of carboxylic acid groups (broad SMARTS) is 1. The summed E-state index contributed by atoms with van der Waals surface area (Å²) in [6, 6.07) is 9.33. The molecule has 1 amide bonds. The summed E-state index contributed by atoms with van der Waals surface area (Å²) in [4.78, 5) is 10.4. The smallest absolute Gasteiger partial charge is 0.406 e. The molecule has 0 spiro atoms. The van der Waals surface area contributed by atoms with E-state index in [0.717, 1.165) is 5.56 Å². The fourth-order valence-electron chi connectivity index (χ4n) is 1.09. The molecule has 1 unspecified atom stereocenters. The number of hydrogen-bond acceptors (Lipinski definition) is 2. The van der Waals surface area contributed by atoms with Gasteiger partial charge >= 0.3 is 6.09 Å². The second-order valence-corrected chi connectivity index (χ2v) is 2.58. The first kappa shape index (κ1) is 9.54. The normalized spacial score (nSPS) is 12.1. The Morgan fingerprint density at radius 2 is 2.00 bits per heavy atom. The van der Waals surface area contributed by atoms with E-state index in [0.29, 0.717) is 0 Å². The molecule has 0 saturated heterocycles. The number of rotatable bonds is 3. The van der Waals surface area contributed by atoms with Crippen LogP contribution in [0.1, 0.15) is 11.7 Å². The van der Waals surface area contributed by atoms with Crippen LogP contribution in [0.15, 0.2) is 30.3 Å². The highest BCUT2D eigenvalue weighted by molar-refractivity contribution is 5.65. The highest BCUT2D eigenvalue weighted by Gasteiger charge is 2.09. The van der Waals surface area contributed by atoms with Crippen molar-refractivity contribution in [1.29, 1.82) is 0 Å². The predicted molar refractivity (Wildman–Crippen MR) is 49.4 cm³/mol. The molecule has 0 radical (unpaired) electrons. The molecule has 4 heteroatoms. The standard InChI is InChI=1S/C9H12N2O2/c1-10-8(11-9(12)13)7-5-3-2-4-6-7/h2-6,8,10-11H,1H3,(H,12,13). The zero-order valence-electron chi connectivity index (χ0n) is 7.32. The van der Waals surface area contributed by atoms with Crippen molar-refractivity contribution in [3.63, 3.8) is 0 Å². The third-order valence-electron chi connectivity index (χ3n) is 1.69. The van der Waals surface area contributed by atoms with Crippen LogP contribution in [-0.2, 0) is 0 Å². The summed E-state index contributed by atoms with van der Waals surface area (Å²) in [7, 11) is 1.70. The van der Waals surface area contributed by atoms with Gasteiger partial charge in [-0.25, -0.2) is 4.79 Å². The van der Waals surface area contributed by atoms with E-state index in [-0.39, 0.29) is 6.17 Å². The Morgan fingerprint density at radius 1 is 1.38 bits per heavy atom. The Hall–Kier alpha value is -1.55. The van der Waals surface area contributed by atoms with Gasteiger partial charge in [-0.15, -0.1) is 0 Å². The van der Waals surface area contributed by atoms with Gasteiger partial charge in [0.2, 0.25) is 0 Å². The minimum atomic E-state index is -1.04. The Bertz CT molecular complexity index is 274. The van der Waals surface area contributed by atoms with Crippen molar-refractivity contribution in [3.8, 4) is 0 Å². The van der Waals surface area contributed by atoms with E-state index < -0.39 is 6.09 Å². The quantitative estimate of drug-likeness (QED) is 0.612. The van der Waals surface area contributed by atoms with Gasteiger partial charge in [-0.2, -0.15) is 0 Å². The zero-order valence-corrected chi connectivity index (χ0v) is 7.32. The lowest BCUT2D eigenvalue weighted by atomic mass is 10.2. The lowest BCUT2D eigenvalue weighted by Crippen LogP contribution is -2.35. The third-order valence-corrected chi connectivity index (χ3v) is 1.69. The first-order valence-electron chi connectivity index (χ1n) is 3.95. The zero-order chi connectivity index (χ0) is 9.68.